The number of carbonyl (C=O) groups excluding carboxylic acids is 5. The number of nitrogens with two attached hydrogens (primary N) is 4. The normalized spacial score (nSPS) is 11.6. The van der Waals surface area contributed by atoms with Crippen LogP contribution in [0.4, 0.5) is 67.1 Å². The standard InChI is InChI=1S/C26H29N7O3.C25H28N6O4.C20H20N6O2.C18H21N5O3.C8H11BO3.C6H10ClNO/c1-17-8-9-20(15-21(17)36-5)32-23-24(27)28-16-29-25(23)33(26(32)35)19-12-10-18(11-13-19)31(4)22(34)7-6-14-30(2)3;1-15-7-8-18(13-19(15)34-6)30-20-21(26)27-14-28-22(20)31(23(30)32)17-11-9-16(10-12-17)29(5)24(33)35-25(2,3)4;1-12-4-7-15(10-16(12)28-3)25-17-18(21)23-11-24-19(17)26(20(25)27)14-8-5-13(22-2)6-9-14;1-18(2,3)26-17(25)22(4)11-5-7-12(8-6-11)23-14(24)9-13-15(19)20-10-21-16(13)23;1-6-3-4-7(9(10)11)5-8(6)12-2;1-8(2)5-3-4-6(7)9/h6-13,15-16H,14H2,1-5H3,(H2,27,28,29);7-14H,1-6H3,(H2,26,27,28);4-11,22H,1-3H3,(H2,21,23,24);5-8,10H,9H2,1-4H3,(H2,19,20,21);3-5,10-11H,1-2H3;3-4H,5H2,1-2H3/b7-6+;;;;;4-3+. The molecule has 1 aliphatic heterocycles. The first-order chi connectivity index (χ1) is 69.2. The molecule has 8 aromatic carbocycles. The Morgan fingerprint density at radius 2 is 0.733 bits per heavy atom. The van der Waals surface area contributed by atoms with Crippen LogP contribution in [-0.2, 0) is 30.3 Å². The van der Waals surface area contributed by atoms with Crippen molar-refractivity contribution in [3.05, 3.63) is 279 Å². The number of nitrogens with zero attached hydrogens (tertiary/aromatic N) is 20. The van der Waals surface area contributed by atoms with Gasteiger partial charge in [0.05, 0.1) is 74.7 Å². The summed E-state index contributed by atoms with van der Waals surface area (Å²) in [6, 6.07) is 50.0. The quantitative estimate of drug-likeness (QED) is 0.0188. The van der Waals surface area contributed by atoms with Gasteiger partial charge in [0.2, 0.25) is 17.1 Å². The lowest BCUT2D eigenvalue weighted by Gasteiger charge is -2.25. The molecule has 0 radical (unpaired) electrons. The minimum atomic E-state index is -1.43. The molecule has 1 aliphatic rings. The zero-order valence-corrected chi connectivity index (χ0v) is 86.0. The second-order valence-corrected chi connectivity index (χ2v) is 36.0. The van der Waals surface area contributed by atoms with E-state index in [0.717, 1.165) is 34.5 Å². The Kier molecular flexibility index (Phi) is 35.7. The number of nitrogen functional groups attached to an aromatic ring is 4. The van der Waals surface area contributed by atoms with Crippen LogP contribution in [0.1, 0.15) is 69.4 Å². The van der Waals surface area contributed by atoms with Crippen molar-refractivity contribution < 1.29 is 62.4 Å². The number of aryl methyl sites for hydroxylation is 4. The fourth-order valence-corrected chi connectivity index (χ4v) is 15.0. The van der Waals surface area contributed by atoms with Gasteiger partial charge in [-0.2, -0.15) is 0 Å². The molecule has 0 saturated carbocycles. The second-order valence-electron chi connectivity index (χ2n) is 35.6. The summed E-state index contributed by atoms with van der Waals surface area (Å²) in [5.74, 6) is 3.75. The van der Waals surface area contributed by atoms with Crippen LogP contribution in [0.5, 0.6) is 23.0 Å². The molecule has 0 aliphatic carbocycles. The summed E-state index contributed by atoms with van der Waals surface area (Å²) in [7, 11) is 19.4. The molecule has 16 rings (SSSR count). The first-order valence-corrected chi connectivity index (χ1v) is 45.8. The Balaban J connectivity index is 0.000000174. The zero-order chi connectivity index (χ0) is 107. The highest BCUT2D eigenvalue weighted by atomic mass is 35.5. The minimum absolute atomic E-state index is 0.125. The van der Waals surface area contributed by atoms with Crippen molar-refractivity contribution in [1.82, 2.24) is 77.1 Å². The van der Waals surface area contributed by atoms with Crippen LogP contribution in [0.2, 0.25) is 0 Å². The van der Waals surface area contributed by atoms with Crippen LogP contribution >= 0.6 is 11.6 Å². The highest BCUT2D eigenvalue weighted by molar-refractivity contribution is 6.66. The molecule has 7 aromatic heterocycles. The summed E-state index contributed by atoms with van der Waals surface area (Å²) >= 11 is 5.02. The van der Waals surface area contributed by atoms with Crippen LogP contribution < -0.4 is 89.3 Å². The number of allylic oxidation sites excluding steroid dienone is 1. The van der Waals surface area contributed by atoms with Gasteiger partial charge in [-0.15, -0.1) is 0 Å². The first kappa shape index (κ1) is 109. The predicted octanol–water partition coefficient (Wildman–Crippen LogP) is 12.1. The zero-order valence-electron chi connectivity index (χ0n) is 85.2. The number of imidazole rings is 3. The molecule has 15 aromatic rings. The van der Waals surface area contributed by atoms with Gasteiger partial charge in [-0.3, -0.25) is 42.8 Å². The number of hydrogen-bond donors (Lipinski definition) is 7. The van der Waals surface area contributed by atoms with Crippen molar-refractivity contribution in [2.24, 2.45) is 0 Å². The van der Waals surface area contributed by atoms with Crippen molar-refractivity contribution in [2.45, 2.75) is 86.9 Å². The van der Waals surface area contributed by atoms with Gasteiger partial charge >= 0.3 is 36.4 Å². The third-order valence-electron chi connectivity index (χ3n) is 22.4. The van der Waals surface area contributed by atoms with Crippen LogP contribution in [-0.4, -0.2) is 233 Å². The van der Waals surface area contributed by atoms with Crippen LogP contribution in [0.3, 0.4) is 0 Å². The van der Waals surface area contributed by atoms with E-state index in [4.69, 9.17) is 73.0 Å². The number of anilines is 10. The van der Waals surface area contributed by atoms with Gasteiger partial charge in [0.25, 0.3) is 0 Å². The van der Waals surface area contributed by atoms with E-state index in [9.17, 15) is 38.4 Å². The second kappa shape index (κ2) is 47.7. The molecule has 8 heterocycles. The summed E-state index contributed by atoms with van der Waals surface area (Å²) in [6.07, 6.45) is 11.0. The molecule has 11 N–H and O–H groups in total. The third kappa shape index (κ3) is 25.9. The molecule has 0 bridgehead atoms. The lowest BCUT2D eigenvalue weighted by atomic mass is 9.80. The summed E-state index contributed by atoms with van der Waals surface area (Å²) in [5, 5.41) is 20.3. The fraction of sp³-hybridized carbons (Fsp3) is 0.262. The average molecular weight is 2010 g/mol. The molecule has 0 fully saturated rings. The van der Waals surface area contributed by atoms with Gasteiger partial charge in [0, 0.05) is 93.9 Å². The Morgan fingerprint density at radius 1 is 0.418 bits per heavy atom. The molecule has 0 atom stereocenters. The molecule has 4 amide bonds. The Hall–Kier alpha value is -17.1. The third-order valence-corrected chi connectivity index (χ3v) is 22.5. The summed E-state index contributed by atoms with van der Waals surface area (Å²) in [6.45, 7) is 20.0. The number of aromatic nitrogens is 14. The molecule has 43 heteroatoms. The first-order valence-electron chi connectivity index (χ1n) is 45.5. The van der Waals surface area contributed by atoms with E-state index in [1.54, 1.807) is 197 Å². The summed E-state index contributed by atoms with van der Waals surface area (Å²) in [5.41, 5.74) is 36.6. The molecule has 146 heavy (non-hydrogen) atoms. The Bertz CT molecular complexity index is 7520. The number of fused-ring (bicyclic) bond motifs is 4. The molecule has 762 valence electrons. The van der Waals surface area contributed by atoms with Gasteiger partial charge in [0.15, 0.2) is 34.4 Å². The number of methoxy groups -OCH3 is 4. The summed E-state index contributed by atoms with van der Waals surface area (Å²) in [4.78, 5) is 144. The van der Waals surface area contributed by atoms with Gasteiger partial charge < -0.3 is 81.4 Å². The van der Waals surface area contributed by atoms with Crippen molar-refractivity contribution in [1.29, 1.82) is 0 Å². The lowest BCUT2D eigenvalue weighted by molar-refractivity contribution is -0.117. The average Bonchev–Trinajstić information content (AvgIpc) is 1.59. The van der Waals surface area contributed by atoms with E-state index in [1.165, 1.54) is 73.5 Å². The molecular weight excluding hydrogens is 1890 g/mol. The van der Waals surface area contributed by atoms with Crippen LogP contribution in [0.15, 0.2) is 234 Å². The van der Waals surface area contributed by atoms with E-state index in [-0.39, 0.29) is 52.8 Å². The molecule has 0 unspecified atom stereocenters. The van der Waals surface area contributed by atoms with E-state index in [2.05, 4.69) is 45.2 Å². The smallest absolute Gasteiger partial charge is 0.488 e. The molecular formula is C103H119BClN25O16. The number of nitrogens with one attached hydrogen (secondary N) is 1. The summed E-state index contributed by atoms with van der Waals surface area (Å²) < 4.78 is 41.0. The van der Waals surface area contributed by atoms with Crippen molar-refractivity contribution in [3.8, 4) is 57.1 Å². The number of ether oxygens (including phenoxy) is 6. The van der Waals surface area contributed by atoms with Crippen LogP contribution in [0, 0.1) is 27.7 Å². The molecule has 0 spiro atoms. The lowest BCUT2D eigenvalue weighted by Crippen LogP contribution is -2.34. The number of amides is 4. The van der Waals surface area contributed by atoms with Gasteiger partial charge in [-0.25, -0.2) is 77.5 Å². The monoisotopic (exact) mass is 2010 g/mol. The Labute approximate surface area is 847 Å². The predicted molar refractivity (Wildman–Crippen MR) is 570 cm³/mol. The van der Waals surface area contributed by atoms with Crippen LogP contribution in [0.25, 0.3) is 67.6 Å². The highest BCUT2D eigenvalue weighted by Crippen LogP contribution is 2.38. The number of halogens is 1. The Morgan fingerprint density at radius 3 is 1.07 bits per heavy atom. The van der Waals surface area contributed by atoms with E-state index in [0.29, 0.717) is 143 Å². The van der Waals surface area contributed by atoms with Crippen molar-refractivity contribution in [3.63, 3.8) is 0 Å². The fourth-order valence-electron chi connectivity index (χ4n) is 14.9. The maximum absolute atomic E-state index is 13.7. The van der Waals surface area contributed by atoms with E-state index < -0.39 is 35.7 Å². The topological polar surface area (TPSA) is 501 Å². The molecule has 0 saturated heterocycles. The largest absolute Gasteiger partial charge is 0.497 e. The van der Waals surface area contributed by atoms with Gasteiger partial charge in [-0.1, -0.05) is 42.5 Å². The number of likely N-dealkylation sites (N-methyl/N-ethyl adjacent to an activating group) is 3. The molecule has 41 nitrogen and oxygen atoms in total. The van der Waals surface area contributed by atoms with Crippen molar-refractivity contribution in [2.75, 3.05) is 146 Å². The SMILES string of the molecule is CN(C(=O)OC(C)(C)C)c1ccc(N2C(=O)Cc3c(N)ncnc32)cc1.CN(C)C/C=C/C(=O)Cl.CNc1ccc(-n2c(=O)n(-c3ccc(C)c(OC)c3)c3c(N)ncnc32)cc1.COc1cc(-n2c(=O)n(-c3ccc(N(C)C(=O)/C=C/CN(C)C)cc3)c3ncnc(N)c32)ccc1C.COc1cc(-n2c(=O)n(-c3ccc(N(C)C(=O)OC(C)(C)C)cc3)c3ncnc(N)c32)ccc1C.COc1cc(B(O)O)ccc1C. The number of benzene rings is 8. The number of carbonyl (C=O) groups is 5. The van der Waals surface area contributed by atoms with Gasteiger partial charge in [0.1, 0.15) is 87.7 Å². The maximum atomic E-state index is 13.7. The maximum Gasteiger partial charge on any atom is 0.488 e. The highest BCUT2D eigenvalue weighted by Gasteiger charge is 2.34. The number of rotatable bonds is 22. The van der Waals surface area contributed by atoms with E-state index in [1.807, 2.05) is 160 Å². The number of hydrogen-bond acceptors (Lipinski definition) is 31. The van der Waals surface area contributed by atoms with Gasteiger partial charge in [-0.05, 0) is 264 Å². The minimum Gasteiger partial charge on any atom is -0.497 e. The van der Waals surface area contributed by atoms with E-state index >= 15 is 0 Å². The van der Waals surface area contributed by atoms with Crippen molar-refractivity contribution >= 4 is 144 Å².